The summed E-state index contributed by atoms with van der Waals surface area (Å²) in [5.74, 6) is 0.799. The van der Waals surface area contributed by atoms with E-state index in [1.165, 1.54) is 5.69 Å². The molecule has 4 heteroatoms. The van der Waals surface area contributed by atoms with E-state index in [-0.39, 0.29) is 0 Å². The van der Waals surface area contributed by atoms with Gasteiger partial charge in [0.1, 0.15) is 0 Å². The number of nitrogens with zero attached hydrogens (tertiary/aromatic N) is 2. The van der Waals surface area contributed by atoms with Gasteiger partial charge in [-0.05, 0) is 19.1 Å². The lowest BCUT2D eigenvalue weighted by Gasteiger charge is -2.27. The highest BCUT2D eigenvalue weighted by atomic mass is 15.2. The molecule has 0 aliphatic heterocycles. The Morgan fingerprint density at radius 2 is 2.05 bits per heavy atom. The number of aliphatic imine (C=N–C) groups is 1. The summed E-state index contributed by atoms with van der Waals surface area (Å²) < 4.78 is 0. The summed E-state index contributed by atoms with van der Waals surface area (Å²) in [5.41, 5.74) is 1.21. The van der Waals surface area contributed by atoms with Crippen molar-refractivity contribution in [2.45, 2.75) is 13.0 Å². The zero-order chi connectivity index (χ0) is 14.1. The van der Waals surface area contributed by atoms with E-state index in [2.05, 4.69) is 65.3 Å². The van der Waals surface area contributed by atoms with E-state index >= 15 is 0 Å². The Morgan fingerprint density at radius 1 is 1.37 bits per heavy atom. The molecule has 0 bridgehead atoms. The van der Waals surface area contributed by atoms with Crippen molar-refractivity contribution in [3.05, 3.63) is 43.0 Å². The second kappa shape index (κ2) is 8.19. The third-order valence-electron chi connectivity index (χ3n) is 3.03. The van der Waals surface area contributed by atoms with Gasteiger partial charge >= 0.3 is 0 Å². The predicted octanol–water partition coefficient (Wildman–Crippen LogP) is 1.86. The van der Waals surface area contributed by atoms with Gasteiger partial charge in [0.2, 0.25) is 0 Å². The Labute approximate surface area is 116 Å². The van der Waals surface area contributed by atoms with E-state index in [4.69, 9.17) is 0 Å². The molecule has 0 saturated carbocycles. The van der Waals surface area contributed by atoms with Crippen LogP contribution in [0.25, 0.3) is 0 Å². The molecule has 1 aromatic carbocycles. The van der Waals surface area contributed by atoms with Crippen LogP contribution in [0.5, 0.6) is 0 Å². The van der Waals surface area contributed by atoms with Crippen molar-refractivity contribution >= 4 is 11.6 Å². The summed E-state index contributed by atoms with van der Waals surface area (Å²) in [4.78, 5) is 6.40. The largest absolute Gasteiger partial charge is 0.370 e. The first-order valence-electron chi connectivity index (χ1n) is 6.52. The van der Waals surface area contributed by atoms with E-state index in [0.29, 0.717) is 12.6 Å². The molecule has 0 aliphatic rings. The van der Waals surface area contributed by atoms with E-state index in [1.54, 1.807) is 7.05 Å². The first kappa shape index (κ1) is 15.1. The monoisotopic (exact) mass is 260 g/mol. The maximum absolute atomic E-state index is 4.16. The van der Waals surface area contributed by atoms with Crippen molar-refractivity contribution in [1.29, 1.82) is 0 Å². The number of hydrogen-bond acceptors (Lipinski definition) is 2. The zero-order valence-electron chi connectivity index (χ0n) is 12.1. The minimum Gasteiger partial charge on any atom is -0.370 e. The van der Waals surface area contributed by atoms with Crippen LogP contribution in [-0.2, 0) is 0 Å². The quantitative estimate of drug-likeness (QED) is 0.466. The third kappa shape index (κ3) is 5.04. The molecule has 104 valence electrons. The number of para-hydroxylation sites is 1. The van der Waals surface area contributed by atoms with Gasteiger partial charge in [-0.2, -0.15) is 0 Å². The van der Waals surface area contributed by atoms with Gasteiger partial charge in [0.25, 0.3) is 0 Å². The Morgan fingerprint density at radius 3 is 2.63 bits per heavy atom. The number of hydrogen-bond donors (Lipinski definition) is 2. The Balaban J connectivity index is 2.46. The van der Waals surface area contributed by atoms with Crippen molar-refractivity contribution < 1.29 is 0 Å². The van der Waals surface area contributed by atoms with Gasteiger partial charge in [-0.25, -0.2) is 0 Å². The van der Waals surface area contributed by atoms with E-state index in [0.717, 1.165) is 12.5 Å². The van der Waals surface area contributed by atoms with Crippen LogP contribution in [0.1, 0.15) is 6.92 Å². The number of nitrogens with one attached hydrogen (secondary N) is 2. The smallest absolute Gasteiger partial charge is 0.191 e. The second-order valence-corrected chi connectivity index (χ2v) is 4.42. The lowest BCUT2D eigenvalue weighted by molar-refractivity contribution is 0.651. The van der Waals surface area contributed by atoms with Gasteiger partial charge < -0.3 is 15.5 Å². The maximum atomic E-state index is 4.16. The highest BCUT2D eigenvalue weighted by Crippen LogP contribution is 2.13. The fourth-order valence-corrected chi connectivity index (χ4v) is 1.69. The molecule has 0 saturated heterocycles. The van der Waals surface area contributed by atoms with Crippen LogP contribution in [0, 0.1) is 0 Å². The Kier molecular flexibility index (Phi) is 6.50. The number of guanidine groups is 1. The van der Waals surface area contributed by atoms with E-state index in [9.17, 15) is 0 Å². The van der Waals surface area contributed by atoms with Gasteiger partial charge in [0, 0.05) is 38.9 Å². The van der Waals surface area contributed by atoms with Crippen molar-refractivity contribution in [3.63, 3.8) is 0 Å². The first-order chi connectivity index (χ1) is 9.19. The summed E-state index contributed by atoms with van der Waals surface area (Å²) in [6.45, 7) is 7.39. The Bertz CT molecular complexity index is 400. The van der Waals surface area contributed by atoms with Gasteiger partial charge in [0.05, 0.1) is 0 Å². The minimum absolute atomic E-state index is 0.365. The maximum Gasteiger partial charge on any atom is 0.191 e. The van der Waals surface area contributed by atoms with Crippen LogP contribution in [0.15, 0.2) is 48.0 Å². The van der Waals surface area contributed by atoms with Crippen LogP contribution < -0.4 is 15.5 Å². The summed E-state index contributed by atoms with van der Waals surface area (Å²) in [5, 5.41) is 6.46. The number of likely N-dealkylation sites (N-methyl/N-ethyl adjacent to an activating group) is 1. The molecule has 4 nitrogen and oxygen atoms in total. The Hall–Kier alpha value is -1.97. The van der Waals surface area contributed by atoms with Crippen LogP contribution in [0.3, 0.4) is 0 Å². The molecule has 0 spiro atoms. The van der Waals surface area contributed by atoms with E-state index < -0.39 is 0 Å². The molecule has 1 aromatic rings. The van der Waals surface area contributed by atoms with Crippen molar-refractivity contribution in [3.8, 4) is 0 Å². The molecule has 2 N–H and O–H groups in total. The molecule has 0 heterocycles. The van der Waals surface area contributed by atoms with Gasteiger partial charge in [-0.1, -0.05) is 24.3 Å². The van der Waals surface area contributed by atoms with E-state index in [1.807, 2.05) is 12.1 Å². The molecule has 0 aliphatic carbocycles. The first-order valence-corrected chi connectivity index (χ1v) is 6.52. The van der Waals surface area contributed by atoms with Crippen LogP contribution in [0.2, 0.25) is 0 Å². The minimum atomic E-state index is 0.365. The highest BCUT2D eigenvalue weighted by Gasteiger charge is 2.09. The number of anilines is 1. The molecular formula is C15H24N4. The summed E-state index contributed by atoms with van der Waals surface area (Å²) in [6.07, 6.45) is 1.81. The molecule has 0 amide bonds. The normalized spacial score (nSPS) is 12.7. The van der Waals surface area contributed by atoms with Crippen LogP contribution in [-0.4, -0.2) is 39.2 Å². The van der Waals surface area contributed by atoms with Gasteiger partial charge in [-0.15, -0.1) is 6.58 Å². The summed E-state index contributed by atoms with van der Waals surface area (Å²) in [6, 6.07) is 10.7. The molecule has 1 atom stereocenters. The third-order valence-corrected chi connectivity index (χ3v) is 3.03. The van der Waals surface area contributed by atoms with Crippen molar-refractivity contribution in [1.82, 2.24) is 10.6 Å². The fraction of sp³-hybridized carbons (Fsp3) is 0.400. The summed E-state index contributed by atoms with van der Waals surface area (Å²) in [7, 11) is 3.87. The lowest BCUT2D eigenvalue weighted by Crippen LogP contribution is -2.45. The van der Waals surface area contributed by atoms with Gasteiger partial charge in [-0.3, -0.25) is 4.99 Å². The zero-order valence-corrected chi connectivity index (χ0v) is 12.1. The average Bonchev–Trinajstić information content (AvgIpc) is 2.47. The second-order valence-electron chi connectivity index (χ2n) is 4.42. The van der Waals surface area contributed by atoms with Crippen LogP contribution in [0.4, 0.5) is 5.69 Å². The molecule has 0 fully saturated rings. The fourth-order valence-electron chi connectivity index (χ4n) is 1.69. The van der Waals surface area contributed by atoms with Gasteiger partial charge in [0.15, 0.2) is 5.96 Å². The SMILES string of the molecule is C=CCNC(=NC)NCC(C)N(C)c1ccccc1. The van der Waals surface area contributed by atoms with Crippen molar-refractivity contribution in [2.24, 2.45) is 4.99 Å². The van der Waals surface area contributed by atoms with Crippen LogP contribution >= 0.6 is 0 Å². The standard InChI is InChI=1S/C15H24N4/c1-5-11-17-15(16-3)18-12-13(2)19(4)14-9-7-6-8-10-14/h5-10,13H,1,11-12H2,2-4H3,(H2,16,17,18). The topological polar surface area (TPSA) is 39.7 Å². The molecule has 19 heavy (non-hydrogen) atoms. The predicted molar refractivity (Wildman–Crippen MR) is 83.9 cm³/mol. The average molecular weight is 260 g/mol. The summed E-state index contributed by atoms with van der Waals surface area (Å²) >= 11 is 0. The molecule has 0 aromatic heterocycles. The molecule has 0 radical (unpaired) electrons. The molecular weight excluding hydrogens is 236 g/mol. The lowest BCUT2D eigenvalue weighted by atomic mass is 10.2. The number of rotatable bonds is 6. The molecule has 1 unspecified atom stereocenters. The number of benzene rings is 1. The van der Waals surface area contributed by atoms with Crippen molar-refractivity contribution in [2.75, 3.05) is 32.1 Å². The molecule has 1 rings (SSSR count). The highest BCUT2D eigenvalue weighted by molar-refractivity contribution is 5.79.